The van der Waals surface area contributed by atoms with E-state index < -0.39 is 10.0 Å². The Labute approximate surface area is 148 Å². The van der Waals surface area contributed by atoms with Crippen molar-refractivity contribution in [1.29, 1.82) is 0 Å². The Morgan fingerprint density at radius 2 is 2.00 bits per heavy atom. The summed E-state index contributed by atoms with van der Waals surface area (Å²) in [7, 11) is -1.99. The van der Waals surface area contributed by atoms with E-state index in [9.17, 15) is 18.0 Å². The van der Waals surface area contributed by atoms with Crippen LogP contribution in [0, 0.1) is 5.92 Å². The maximum atomic E-state index is 12.2. The van der Waals surface area contributed by atoms with Gasteiger partial charge in [0, 0.05) is 26.1 Å². The minimum atomic E-state index is -3.33. The first kappa shape index (κ1) is 19.4. The second-order valence-corrected chi connectivity index (χ2v) is 8.17. The molecule has 7 nitrogen and oxygen atoms in total. The van der Waals surface area contributed by atoms with Gasteiger partial charge in [-0.2, -0.15) is 0 Å². The van der Waals surface area contributed by atoms with E-state index >= 15 is 0 Å². The molecule has 0 aliphatic carbocycles. The van der Waals surface area contributed by atoms with Crippen LogP contribution >= 0.6 is 0 Å². The molecular weight excluding hydrogens is 342 g/mol. The lowest BCUT2D eigenvalue weighted by molar-refractivity contribution is -0.138. The third-order valence-electron chi connectivity index (χ3n) is 4.37. The van der Waals surface area contributed by atoms with E-state index in [0.717, 1.165) is 12.0 Å². The molecule has 0 bridgehead atoms. The Balaban J connectivity index is 1.82. The largest absolute Gasteiger partial charge is 0.355 e. The summed E-state index contributed by atoms with van der Waals surface area (Å²) in [5, 5.41) is 2.66. The van der Waals surface area contributed by atoms with Gasteiger partial charge in [-0.15, -0.1) is 0 Å². The van der Waals surface area contributed by atoms with Crippen molar-refractivity contribution in [1.82, 2.24) is 14.9 Å². The summed E-state index contributed by atoms with van der Waals surface area (Å²) < 4.78 is 24.9. The van der Waals surface area contributed by atoms with Gasteiger partial charge in [0.05, 0.1) is 11.7 Å². The van der Waals surface area contributed by atoms with E-state index in [4.69, 9.17) is 0 Å². The van der Waals surface area contributed by atoms with Crippen molar-refractivity contribution < 1.29 is 18.0 Å². The average Bonchev–Trinajstić information content (AvgIpc) is 2.61. The molecule has 0 radical (unpaired) electrons. The highest BCUT2D eigenvalue weighted by Gasteiger charge is 2.29. The molecule has 1 aromatic rings. The lowest BCUT2D eigenvalue weighted by Crippen LogP contribution is -2.47. The monoisotopic (exact) mass is 367 g/mol. The van der Waals surface area contributed by atoms with Crippen molar-refractivity contribution in [3.05, 3.63) is 35.9 Å². The standard InChI is InChI=1S/C17H25N3O4S/c1-18-25(23,24)12-10-19-17(22)15-7-8-16(21)20(13-15)11-9-14-5-3-2-4-6-14/h2-6,15,18H,7-13H2,1H3,(H,19,22)/t15-/m0/s1. The summed E-state index contributed by atoms with van der Waals surface area (Å²) >= 11 is 0. The van der Waals surface area contributed by atoms with Gasteiger partial charge in [0.1, 0.15) is 0 Å². The van der Waals surface area contributed by atoms with E-state index in [1.165, 1.54) is 7.05 Å². The highest BCUT2D eigenvalue weighted by Crippen LogP contribution is 2.18. The third kappa shape index (κ3) is 6.13. The van der Waals surface area contributed by atoms with Crippen LogP contribution in [0.15, 0.2) is 30.3 Å². The molecule has 1 aliphatic heterocycles. The number of sulfonamides is 1. The molecule has 2 amide bonds. The van der Waals surface area contributed by atoms with Crippen molar-refractivity contribution in [2.75, 3.05) is 32.4 Å². The fourth-order valence-corrected chi connectivity index (χ4v) is 3.38. The molecule has 1 atom stereocenters. The van der Waals surface area contributed by atoms with Crippen molar-refractivity contribution in [2.45, 2.75) is 19.3 Å². The lowest BCUT2D eigenvalue weighted by atomic mass is 9.96. The molecule has 0 unspecified atom stereocenters. The van der Waals surface area contributed by atoms with Gasteiger partial charge < -0.3 is 10.2 Å². The lowest BCUT2D eigenvalue weighted by Gasteiger charge is -2.32. The molecule has 1 aliphatic rings. The highest BCUT2D eigenvalue weighted by atomic mass is 32.2. The SMILES string of the molecule is CNS(=O)(=O)CCNC(=O)[C@H]1CCC(=O)N(CCc2ccccc2)C1. The van der Waals surface area contributed by atoms with Crippen molar-refractivity contribution in [3.63, 3.8) is 0 Å². The smallest absolute Gasteiger partial charge is 0.224 e. The predicted octanol–water partition coefficient (Wildman–Crippen LogP) is 0.133. The van der Waals surface area contributed by atoms with Gasteiger partial charge in [0.2, 0.25) is 21.8 Å². The van der Waals surface area contributed by atoms with Gasteiger partial charge in [-0.05, 0) is 25.5 Å². The summed E-state index contributed by atoms with van der Waals surface area (Å²) in [5.74, 6) is -0.564. The first-order valence-corrected chi connectivity index (χ1v) is 10.1. The van der Waals surface area contributed by atoms with Crippen LogP contribution in [0.1, 0.15) is 18.4 Å². The fourth-order valence-electron chi connectivity index (χ4n) is 2.81. The van der Waals surface area contributed by atoms with Crippen LogP contribution in [-0.4, -0.2) is 57.6 Å². The van der Waals surface area contributed by atoms with Gasteiger partial charge in [-0.1, -0.05) is 30.3 Å². The topological polar surface area (TPSA) is 95.6 Å². The summed E-state index contributed by atoms with van der Waals surface area (Å²) in [6.07, 6.45) is 1.61. The number of hydrogen-bond donors (Lipinski definition) is 2. The highest BCUT2D eigenvalue weighted by molar-refractivity contribution is 7.89. The van der Waals surface area contributed by atoms with Crippen LogP contribution < -0.4 is 10.0 Å². The molecule has 0 saturated carbocycles. The number of likely N-dealkylation sites (tertiary alicyclic amines) is 1. The number of carbonyl (C=O) groups is 2. The normalized spacial score (nSPS) is 18.2. The maximum Gasteiger partial charge on any atom is 0.224 e. The maximum absolute atomic E-state index is 12.2. The van der Waals surface area contributed by atoms with Gasteiger partial charge in [0.25, 0.3) is 0 Å². The molecule has 1 heterocycles. The van der Waals surface area contributed by atoms with Gasteiger partial charge in [-0.3, -0.25) is 9.59 Å². The van der Waals surface area contributed by atoms with Gasteiger partial charge >= 0.3 is 0 Å². The molecule has 2 N–H and O–H groups in total. The van der Waals surface area contributed by atoms with E-state index in [2.05, 4.69) is 10.0 Å². The summed E-state index contributed by atoms with van der Waals surface area (Å²) in [6, 6.07) is 9.90. The second kappa shape index (κ2) is 8.96. The zero-order valence-corrected chi connectivity index (χ0v) is 15.2. The molecular formula is C17H25N3O4S. The van der Waals surface area contributed by atoms with Crippen LogP contribution in [-0.2, 0) is 26.0 Å². The zero-order valence-electron chi connectivity index (χ0n) is 14.4. The number of nitrogens with zero attached hydrogens (tertiary/aromatic N) is 1. The number of nitrogens with one attached hydrogen (secondary N) is 2. The van der Waals surface area contributed by atoms with E-state index in [1.807, 2.05) is 30.3 Å². The Hall–Kier alpha value is -1.93. The summed E-state index contributed by atoms with van der Waals surface area (Å²) in [6.45, 7) is 1.04. The zero-order chi connectivity index (χ0) is 18.3. The first-order valence-electron chi connectivity index (χ1n) is 8.42. The second-order valence-electron chi connectivity index (χ2n) is 6.12. The van der Waals surface area contributed by atoms with Gasteiger partial charge in [0.15, 0.2) is 0 Å². The van der Waals surface area contributed by atoms with Crippen LogP contribution in [0.25, 0.3) is 0 Å². The average molecular weight is 367 g/mol. The fraction of sp³-hybridized carbons (Fsp3) is 0.529. The quantitative estimate of drug-likeness (QED) is 0.683. The Kier molecular flexibility index (Phi) is 6.95. The van der Waals surface area contributed by atoms with E-state index in [1.54, 1.807) is 4.90 Å². The van der Waals surface area contributed by atoms with E-state index in [0.29, 0.717) is 25.9 Å². The van der Waals surface area contributed by atoms with Gasteiger partial charge in [-0.25, -0.2) is 13.1 Å². The molecule has 0 spiro atoms. The number of piperidine rings is 1. The minimum absolute atomic E-state index is 0.0659. The van der Waals surface area contributed by atoms with Crippen LogP contribution in [0.3, 0.4) is 0 Å². The van der Waals surface area contributed by atoms with Crippen LogP contribution in [0.5, 0.6) is 0 Å². The molecule has 2 rings (SSSR count). The number of hydrogen-bond acceptors (Lipinski definition) is 4. The Bertz CT molecular complexity index is 691. The van der Waals surface area contributed by atoms with Crippen molar-refractivity contribution in [3.8, 4) is 0 Å². The van der Waals surface area contributed by atoms with E-state index in [-0.39, 0.29) is 30.0 Å². The molecule has 138 valence electrons. The van der Waals surface area contributed by atoms with Crippen molar-refractivity contribution >= 4 is 21.8 Å². The summed E-state index contributed by atoms with van der Waals surface area (Å²) in [4.78, 5) is 26.0. The molecule has 25 heavy (non-hydrogen) atoms. The van der Waals surface area contributed by atoms with Crippen molar-refractivity contribution in [2.24, 2.45) is 5.92 Å². The molecule has 0 aromatic heterocycles. The number of benzene rings is 1. The minimum Gasteiger partial charge on any atom is -0.355 e. The summed E-state index contributed by atoms with van der Waals surface area (Å²) in [5.41, 5.74) is 1.15. The first-order chi connectivity index (χ1) is 11.9. The molecule has 1 aromatic carbocycles. The number of amides is 2. The Morgan fingerprint density at radius 3 is 2.68 bits per heavy atom. The third-order valence-corrected chi connectivity index (χ3v) is 5.73. The molecule has 1 fully saturated rings. The molecule has 8 heteroatoms. The Morgan fingerprint density at radius 1 is 1.28 bits per heavy atom. The number of carbonyl (C=O) groups excluding carboxylic acids is 2. The number of rotatable bonds is 8. The molecule has 1 saturated heterocycles. The van der Waals surface area contributed by atoms with Crippen LogP contribution in [0.4, 0.5) is 0 Å². The predicted molar refractivity (Wildman–Crippen MR) is 95.3 cm³/mol. The van der Waals surface area contributed by atoms with Crippen LogP contribution in [0.2, 0.25) is 0 Å².